The summed E-state index contributed by atoms with van der Waals surface area (Å²) < 4.78 is 5.17. The van der Waals surface area contributed by atoms with Crippen LogP contribution in [-0.4, -0.2) is 51.8 Å². The van der Waals surface area contributed by atoms with Gasteiger partial charge in [0.1, 0.15) is 11.6 Å². The van der Waals surface area contributed by atoms with Crippen molar-refractivity contribution in [2.24, 2.45) is 0 Å². The van der Waals surface area contributed by atoms with E-state index in [4.69, 9.17) is 9.84 Å². The third-order valence-corrected chi connectivity index (χ3v) is 3.06. The third kappa shape index (κ3) is 3.59. The quantitative estimate of drug-likeness (QED) is 0.759. The van der Waals surface area contributed by atoms with Crippen molar-refractivity contribution in [2.45, 2.75) is 32.4 Å². The lowest BCUT2D eigenvalue weighted by Crippen LogP contribution is -2.51. The van der Waals surface area contributed by atoms with E-state index in [0.717, 1.165) is 5.75 Å². The van der Waals surface area contributed by atoms with Crippen LogP contribution in [-0.2, 0) is 9.53 Å². The molecule has 1 heterocycles. The molecule has 0 saturated carbocycles. The Hall–Kier alpha value is -0.910. The molecule has 1 rings (SSSR count). The molecule has 0 bridgehead atoms. The number of carbonyl (C=O) groups is 2. The Bertz CT molecular complexity index is 287. The van der Waals surface area contributed by atoms with Crippen LogP contribution in [0.3, 0.4) is 0 Å². The maximum atomic E-state index is 11.8. The van der Waals surface area contributed by atoms with Crippen LogP contribution in [0.4, 0.5) is 4.79 Å². The van der Waals surface area contributed by atoms with Crippen molar-refractivity contribution in [1.29, 1.82) is 0 Å². The summed E-state index contributed by atoms with van der Waals surface area (Å²) in [5, 5.41) is 8.99. The molecule has 0 spiro atoms. The highest BCUT2D eigenvalue weighted by molar-refractivity contribution is 7.99. The smallest absolute Gasteiger partial charge is 0.411 e. The third-order valence-electron chi connectivity index (χ3n) is 2.04. The van der Waals surface area contributed by atoms with Gasteiger partial charge in [-0.2, -0.15) is 11.8 Å². The maximum absolute atomic E-state index is 11.8. The predicted molar refractivity (Wildman–Crippen MR) is 61.7 cm³/mol. The van der Waals surface area contributed by atoms with E-state index in [1.165, 1.54) is 4.90 Å². The number of amides is 1. The molecule has 0 unspecified atom stereocenters. The van der Waals surface area contributed by atoms with Crippen molar-refractivity contribution >= 4 is 23.8 Å². The van der Waals surface area contributed by atoms with Crippen molar-refractivity contribution in [3.8, 4) is 0 Å². The summed E-state index contributed by atoms with van der Waals surface area (Å²) in [4.78, 5) is 24.0. The first-order chi connectivity index (χ1) is 7.31. The number of rotatable bonds is 1. The second-order valence-corrected chi connectivity index (χ2v) is 5.75. The molecule has 16 heavy (non-hydrogen) atoms. The first-order valence-corrected chi connectivity index (χ1v) is 6.27. The van der Waals surface area contributed by atoms with Crippen LogP contribution in [0.5, 0.6) is 0 Å². The zero-order valence-corrected chi connectivity index (χ0v) is 10.5. The molecule has 0 aromatic heterocycles. The molecule has 0 aliphatic carbocycles. The van der Waals surface area contributed by atoms with Gasteiger partial charge >= 0.3 is 12.1 Å². The molecule has 1 saturated heterocycles. The van der Waals surface area contributed by atoms with Crippen molar-refractivity contribution in [1.82, 2.24) is 4.90 Å². The number of hydrogen-bond acceptors (Lipinski definition) is 4. The number of nitrogens with zero attached hydrogens (tertiary/aromatic N) is 1. The average Bonchev–Trinajstić information content (AvgIpc) is 2.15. The number of thioether (sulfide) groups is 1. The van der Waals surface area contributed by atoms with E-state index in [1.807, 2.05) is 0 Å². The van der Waals surface area contributed by atoms with Crippen molar-refractivity contribution < 1.29 is 19.4 Å². The van der Waals surface area contributed by atoms with Crippen LogP contribution in [0.25, 0.3) is 0 Å². The molecule has 1 fully saturated rings. The van der Waals surface area contributed by atoms with Gasteiger partial charge < -0.3 is 9.84 Å². The highest BCUT2D eigenvalue weighted by atomic mass is 32.2. The lowest BCUT2D eigenvalue weighted by Gasteiger charge is -2.34. The molecule has 1 aliphatic rings. The van der Waals surface area contributed by atoms with Crippen LogP contribution in [0.2, 0.25) is 0 Å². The monoisotopic (exact) mass is 247 g/mol. The summed E-state index contributed by atoms with van der Waals surface area (Å²) in [5.74, 6) is 0.204. The molecule has 0 radical (unpaired) electrons. The molecule has 1 N–H and O–H groups in total. The minimum atomic E-state index is -0.974. The van der Waals surface area contributed by atoms with Crippen LogP contribution in [0.1, 0.15) is 20.8 Å². The van der Waals surface area contributed by atoms with Gasteiger partial charge in [-0.15, -0.1) is 0 Å². The Labute approximate surface area is 99.1 Å². The Morgan fingerprint density at radius 2 is 2.06 bits per heavy atom. The Kier molecular flexibility index (Phi) is 4.07. The number of ether oxygens (including phenoxy) is 1. The zero-order chi connectivity index (χ0) is 12.3. The first kappa shape index (κ1) is 13.2. The minimum Gasteiger partial charge on any atom is -0.480 e. The van der Waals surface area contributed by atoms with E-state index in [-0.39, 0.29) is 0 Å². The van der Waals surface area contributed by atoms with E-state index >= 15 is 0 Å². The molecular weight excluding hydrogens is 230 g/mol. The molecule has 5 nitrogen and oxygen atoms in total. The summed E-state index contributed by atoms with van der Waals surface area (Å²) in [7, 11) is 0. The normalized spacial score (nSPS) is 21.7. The SMILES string of the molecule is CC(C)(C)OC(=O)N1CCSC[C@H]1C(=O)O. The van der Waals surface area contributed by atoms with Gasteiger partial charge in [-0.1, -0.05) is 0 Å². The van der Waals surface area contributed by atoms with Gasteiger partial charge in [0.15, 0.2) is 0 Å². The summed E-state index contributed by atoms with van der Waals surface area (Å²) in [6.45, 7) is 5.72. The first-order valence-electron chi connectivity index (χ1n) is 5.11. The topological polar surface area (TPSA) is 66.8 Å². The second kappa shape index (κ2) is 4.95. The van der Waals surface area contributed by atoms with Gasteiger partial charge in [0.25, 0.3) is 0 Å². The van der Waals surface area contributed by atoms with E-state index in [2.05, 4.69) is 0 Å². The van der Waals surface area contributed by atoms with Crippen LogP contribution in [0.15, 0.2) is 0 Å². The van der Waals surface area contributed by atoms with E-state index in [9.17, 15) is 9.59 Å². The van der Waals surface area contributed by atoms with Crippen LogP contribution < -0.4 is 0 Å². The fourth-order valence-corrected chi connectivity index (χ4v) is 2.39. The van der Waals surface area contributed by atoms with Crippen LogP contribution >= 0.6 is 11.8 Å². The number of carboxylic acid groups (broad SMARTS) is 1. The molecule has 0 aromatic rings. The lowest BCUT2D eigenvalue weighted by atomic mass is 10.2. The number of carboxylic acids is 1. The van der Waals surface area contributed by atoms with E-state index in [1.54, 1.807) is 32.5 Å². The van der Waals surface area contributed by atoms with Gasteiger partial charge in [0, 0.05) is 18.1 Å². The van der Waals surface area contributed by atoms with Crippen molar-refractivity contribution in [3.05, 3.63) is 0 Å². The minimum absolute atomic E-state index is 0.425. The van der Waals surface area contributed by atoms with Gasteiger partial charge in [-0.05, 0) is 20.8 Å². The predicted octanol–water partition coefficient (Wildman–Crippen LogP) is 1.42. The summed E-state index contributed by atoms with van der Waals surface area (Å²) in [5.41, 5.74) is -0.593. The van der Waals surface area contributed by atoms with Gasteiger partial charge in [0.05, 0.1) is 0 Å². The van der Waals surface area contributed by atoms with Crippen molar-refractivity contribution in [2.75, 3.05) is 18.1 Å². The van der Waals surface area contributed by atoms with E-state index in [0.29, 0.717) is 12.3 Å². The highest BCUT2D eigenvalue weighted by Crippen LogP contribution is 2.19. The number of aliphatic carboxylic acids is 1. The van der Waals surface area contributed by atoms with E-state index < -0.39 is 23.7 Å². The Balaban J connectivity index is 2.68. The molecule has 92 valence electrons. The molecular formula is C10H17NO4S. The molecule has 6 heteroatoms. The highest BCUT2D eigenvalue weighted by Gasteiger charge is 2.34. The number of hydrogen-bond donors (Lipinski definition) is 1. The lowest BCUT2D eigenvalue weighted by molar-refractivity contribution is -0.142. The summed E-state index contributed by atoms with van der Waals surface area (Å²) >= 11 is 1.54. The molecule has 1 aliphatic heterocycles. The molecule has 0 aromatic carbocycles. The maximum Gasteiger partial charge on any atom is 0.411 e. The zero-order valence-electron chi connectivity index (χ0n) is 9.73. The fourth-order valence-electron chi connectivity index (χ4n) is 1.35. The van der Waals surface area contributed by atoms with Crippen LogP contribution in [0, 0.1) is 0 Å². The standard InChI is InChI=1S/C10H17NO4S/c1-10(2,3)15-9(14)11-4-5-16-6-7(11)8(12)13/h7H,4-6H2,1-3H3,(H,12,13)/t7-/m0/s1. The van der Waals surface area contributed by atoms with Crippen molar-refractivity contribution in [3.63, 3.8) is 0 Å². The van der Waals surface area contributed by atoms with Gasteiger partial charge in [-0.25, -0.2) is 9.59 Å². The Morgan fingerprint density at radius 1 is 1.44 bits per heavy atom. The second-order valence-electron chi connectivity index (χ2n) is 4.60. The summed E-state index contributed by atoms with van der Waals surface area (Å²) in [6, 6.07) is -0.770. The Morgan fingerprint density at radius 3 is 2.56 bits per heavy atom. The molecule has 1 atom stereocenters. The largest absolute Gasteiger partial charge is 0.480 e. The van der Waals surface area contributed by atoms with Gasteiger partial charge in [-0.3, -0.25) is 4.90 Å². The molecule has 1 amide bonds. The average molecular weight is 247 g/mol. The van der Waals surface area contributed by atoms with Gasteiger partial charge in [0.2, 0.25) is 0 Å². The fraction of sp³-hybridized carbons (Fsp3) is 0.800. The number of carbonyl (C=O) groups excluding carboxylic acids is 1. The summed E-state index contributed by atoms with van der Waals surface area (Å²) in [6.07, 6.45) is -0.541.